The van der Waals surface area contributed by atoms with E-state index in [2.05, 4.69) is 51.0 Å². The Morgan fingerprint density at radius 1 is 1.14 bits per heavy atom. The average molecular weight is 390 g/mol. The van der Waals surface area contributed by atoms with Crippen molar-refractivity contribution in [2.75, 3.05) is 24.5 Å². The van der Waals surface area contributed by atoms with E-state index >= 15 is 0 Å². The van der Waals surface area contributed by atoms with Gasteiger partial charge in [0.2, 0.25) is 5.95 Å². The van der Waals surface area contributed by atoms with Gasteiger partial charge in [0.15, 0.2) is 0 Å². The molecule has 1 fully saturated rings. The zero-order valence-electron chi connectivity index (χ0n) is 16.9. The number of para-hydroxylation sites is 1. The van der Waals surface area contributed by atoms with Crippen LogP contribution in [-0.4, -0.2) is 39.5 Å². The van der Waals surface area contributed by atoms with Gasteiger partial charge in [-0.1, -0.05) is 31.2 Å². The van der Waals surface area contributed by atoms with Gasteiger partial charge in [0.1, 0.15) is 0 Å². The predicted molar refractivity (Wildman–Crippen MR) is 115 cm³/mol. The highest BCUT2D eigenvalue weighted by Gasteiger charge is 2.24. The molecule has 1 aromatic carbocycles. The number of benzene rings is 1. The molecule has 4 heterocycles. The van der Waals surface area contributed by atoms with Gasteiger partial charge in [-0.3, -0.25) is 19.7 Å². The number of hydrogen-bond donors (Lipinski definition) is 1. The fourth-order valence-electron chi connectivity index (χ4n) is 4.51. The molecule has 2 aliphatic rings. The number of aromatic nitrogens is 3. The molecule has 6 heteroatoms. The third kappa shape index (κ3) is 3.65. The van der Waals surface area contributed by atoms with Crippen molar-refractivity contribution in [3.63, 3.8) is 0 Å². The summed E-state index contributed by atoms with van der Waals surface area (Å²) in [6.45, 7) is 6.58. The number of anilines is 1. The topological polar surface area (TPSA) is 65.1 Å². The van der Waals surface area contributed by atoms with Gasteiger partial charge >= 0.3 is 0 Å². The Kier molecular flexibility index (Phi) is 4.79. The summed E-state index contributed by atoms with van der Waals surface area (Å²) in [5.41, 5.74) is 4.05. The van der Waals surface area contributed by atoms with Gasteiger partial charge in [-0.05, 0) is 30.4 Å². The first kappa shape index (κ1) is 18.3. The molecule has 0 spiro atoms. The van der Waals surface area contributed by atoms with Crippen LogP contribution in [0.2, 0.25) is 0 Å². The summed E-state index contributed by atoms with van der Waals surface area (Å²) < 4.78 is 0. The van der Waals surface area contributed by atoms with Crippen LogP contribution in [0.3, 0.4) is 0 Å². The van der Waals surface area contributed by atoms with Crippen LogP contribution in [0.25, 0.3) is 10.9 Å². The van der Waals surface area contributed by atoms with E-state index in [1.54, 1.807) is 0 Å². The second kappa shape index (κ2) is 7.59. The summed E-state index contributed by atoms with van der Waals surface area (Å²) in [6, 6.07) is 10.4. The number of H-pyrrole nitrogens is 1. The summed E-state index contributed by atoms with van der Waals surface area (Å²) in [5, 5.41) is 1.16. The molecule has 29 heavy (non-hydrogen) atoms. The van der Waals surface area contributed by atoms with Gasteiger partial charge in [0.05, 0.1) is 16.8 Å². The lowest BCUT2D eigenvalue weighted by molar-refractivity contribution is 0.242. The van der Waals surface area contributed by atoms with Crippen LogP contribution < -0.4 is 10.5 Å². The minimum atomic E-state index is 0.0179. The van der Waals surface area contributed by atoms with Gasteiger partial charge in [-0.2, -0.15) is 0 Å². The lowest BCUT2D eigenvalue weighted by Gasteiger charge is -2.32. The zero-order chi connectivity index (χ0) is 19.8. The molecule has 2 aliphatic heterocycles. The first-order chi connectivity index (χ1) is 14.2. The Labute approximate surface area is 170 Å². The fourth-order valence-corrected chi connectivity index (χ4v) is 4.51. The highest BCUT2D eigenvalue weighted by molar-refractivity contribution is 5.81. The van der Waals surface area contributed by atoms with Gasteiger partial charge in [-0.15, -0.1) is 0 Å². The summed E-state index contributed by atoms with van der Waals surface area (Å²) in [4.78, 5) is 29.9. The van der Waals surface area contributed by atoms with Crippen LogP contribution in [0.1, 0.15) is 36.6 Å². The minimum absolute atomic E-state index is 0.0179. The summed E-state index contributed by atoms with van der Waals surface area (Å²) in [6.07, 6.45) is 4.98. The van der Waals surface area contributed by atoms with Crippen molar-refractivity contribution in [3.8, 4) is 0 Å². The van der Waals surface area contributed by atoms with E-state index in [1.165, 1.54) is 5.56 Å². The Morgan fingerprint density at radius 3 is 2.83 bits per heavy atom. The average Bonchev–Trinajstić information content (AvgIpc) is 2.75. The van der Waals surface area contributed by atoms with E-state index in [0.29, 0.717) is 6.54 Å². The highest BCUT2D eigenvalue weighted by Crippen LogP contribution is 2.23. The Hall–Kier alpha value is -2.73. The molecule has 150 valence electrons. The molecule has 0 aliphatic carbocycles. The number of piperidine rings is 1. The molecule has 1 saturated heterocycles. The predicted octanol–water partition coefficient (Wildman–Crippen LogP) is 3.11. The first-order valence-corrected chi connectivity index (χ1v) is 10.6. The molecule has 3 aromatic rings. The van der Waals surface area contributed by atoms with Crippen molar-refractivity contribution in [1.82, 2.24) is 19.9 Å². The first-order valence-electron chi connectivity index (χ1n) is 10.6. The monoisotopic (exact) mass is 389 g/mol. The van der Waals surface area contributed by atoms with Crippen molar-refractivity contribution in [1.29, 1.82) is 0 Å². The van der Waals surface area contributed by atoms with E-state index in [-0.39, 0.29) is 5.56 Å². The molecule has 0 bridgehead atoms. The fraction of sp³-hybridized carbons (Fsp3) is 0.435. The second-order valence-corrected chi connectivity index (χ2v) is 8.44. The molecular formula is C23H27N5O. The van der Waals surface area contributed by atoms with Crippen LogP contribution in [-0.2, 0) is 19.5 Å². The van der Waals surface area contributed by atoms with E-state index < -0.39 is 0 Å². The van der Waals surface area contributed by atoms with E-state index in [1.807, 2.05) is 12.3 Å². The number of hydrogen-bond acceptors (Lipinski definition) is 5. The van der Waals surface area contributed by atoms with Crippen molar-refractivity contribution < 1.29 is 0 Å². The molecular weight excluding hydrogens is 362 g/mol. The molecule has 6 nitrogen and oxygen atoms in total. The lowest BCUT2D eigenvalue weighted by atomic mass is 9.99. The molecule has 0 amide bonds. The summed E-state index contributed by atoms with van der Waals surface area (Å²) >= 11 is 0. The van der Waals surface area contributed by atoms with Crippen LogP contribution in [0.4, 0.5) is 5.95 Å². The van der Waals surface area contributed by atoms with E-state index in [9.17, 15) is 4.79 Å². The van der Waals surface area contributed by atoms with Crippen molar-refractivity contribution in [2.24, 2.45) is 5.92 Å². The number of nitrogens with one attached hydrogen (secondary N) is 1. The number of aromatic amines is 1. The van der Waals surface area contributed by atoms with Gasteiger partial charge in [0, 0.05) is 50.7 Å². The molecule has 0 unspecified atom stereocenters. The summed E-state index contributed by atoms with van der Waals surface area (Å²) in [5.74, 6) is 1.51. The van der Waals surface area contributed by atoms with Crippen LogP contribution in [0.5, 0.6) is 0 Å². The Balaban J connectivity index is 1.36. The summed E-state index contributed by atoms with van der Waals surface area (Å²) in [7, 11) is 0. The third-order valence-electron chi connectivity index (χ3n) is 6.33. The van der Waals surface area contributed by atoms with Gasteiger partial charge in [0.25, 0.3) is 5.56 Å². The maximum Gasteiger partial charge on any atom is 0.257 e. The van der Waals surface area contributed by atoms with E-state index in [0.717, 1.165) is 79.5 Å². The van der Waals surface area contributed by atoms with Crippen molar-refractivity contribution >= 4 is 16.9 Å². The normalized spacial score (nSPS) is 18.2. The highest BCUT2D eigenvalue weighted by atomic mass is 16.1. The Morgan fingerprint density at radius 2 is 1.97 bits per heavy atom. The van der Waals surface area contributed by atoms with E-state index in [4.69, 9.17) is 4.98 Å². The second-order valence-electron chi connectivity index (χ2n) is 8.44. The molecule has 0 atom stereocenters. The zero-order valence-corrected chi connectivity index (χ0v) is 16.9. The number of rotatable bonds is 3. The number of nitrogens with zero attached hydrogens (tertiary/aromatic N) is 4. The van der Waals surface area contributed by atoms with Crippen molar-refractivity contribution in [3.05, 3.63) is 63.7 Å². The largest absolute Gasteiger partial charge is 0.342 e. The van der Waals surface area contributed by atoms with Crippen LogP contribution in [0.15, 0.2) is 41.3 Å². The van der Waals surface area contributed by atoms with Crippen LogP contribution >= 0.6 is 0 Å². The Bertz CT molecular complexity index is 1080. The number of fused-ring (bicyclic) bond motifs is 2. The van der Waals surface area contributed by atoms with Crippen molar-refractivity contribution in [2.45, 2.75) is 39.3 Å². The smallest absolute Gasteiger partial charge is 0.257 e. The maximum absolute atomic E-state index is 12.8. The van der Waals surface area contributed by atoms with Gasteiger partial charge in [-0.25, -0.2) is 4.98 Å². The minimum Gasteiger partial charge on any atom is -0.342 e. The van der Waals surface area contributed by atoms with Crippen LogP contribution in [0, 0.1) is 5.92 Å². The quantitative estimate of drug-likeness (QED) is 0.746. The molecule has 2 aromatic heterocycles. The van der Waals surface area contributed by atoms with Gasteiger partial charge < -0.3 is 4.90 Å². The third-order valence-corrected chi connectivity index (χ3v) is 6.33. The molecule has 0 radical (unpaired) electrons. The molecule has 5 rings (SSSR count). The number of pyridine rings is 1. The maximum atomic E-state index is 12.8. The molecule has 1 N–H and O–H groups in total. The molecule has 0 saturated carbocycles. The standard InChI is InChI=1S/C23H27N5O/c1-16-7-12-28(13-8-16)23-25-20-9-11-27(15-19(20)22(29)26-23)14-18-5-2-4-17-6-3-10-24-21(17)18/h2-6,10,16H,7-9,11-15H2,1H3,(H,25,26,29). The lowest BCUT2D eigenvalue weighted by Crippen LogP contribution is -2.39. The SMILES string of the molecule is CC1CCN(c2nc3c(c(=O)[nH]2)CN(Cc2cccc4cccnc24)CC3)CC1.